The van der Waals surface area contributed by atoms with Gasteiger partial charge in [-0.15, -0.1) is 0 Å². The first-order chi connectivity index (χ1) is 5.35. The van der Waals surface area contributed by atoms with E-state index in [1.165, 1.54) is 6.08 Å². The Morgan fingerprint density at radius 2 is 2.08 bits per heavy atom. The predicted molar refractivity (Wildman–Crippen MR) is 49.9 cm³/mol. The number of hydrogen-bond donors (Lipinski definition) is 1. The van der Waals surface area contributed by atoms with Crippen LogP contribution >= 0.6 is 0 Å². The fourth-order valence-corrected chi connectivity index (χ4v) is 1.09. The van der Waals surface area contributed by atoms with Crippen molar-refractivity contribution in [3.05, 3.63) is 12.7 Å². The van der Waals surface area contributed by atoms with E-state index in [-0.39, 0.29) is 17.6 Å². The van der Waals surface area contributed by atoms with E-state index in [1.54, 1.807) is 0 Å². The van der Waals surface area contributed by atoms with Crippen molar-refractivity contribution in [2.75, 3.05) is 0 Å². The van der Waals surface area contributed by atoms with Crippen LogP contribution in [-0.4, -0.2) is 17.0 Å². The Bertz CT molecular complexity index is 165. The fourth-order valence-electron chi connectivity index (χ4n) is 1.09. The Hall–Kier alpha value is -0.630. The minimum Gasteiger partial charge on any atom is -0.393 e. The van der Waals surface area contributed by atoms with Crippen LogP contribution in [0.2, 0.25) is 0 Å². The van der Waals surface area contributed by atoms with Crippen molar-refractivity contribution in [2.45, 2.75) is 39.7 Å². The van der Waals surface area contributed by atoms with Crippen molar-refractivity contribution >= 4 is 5.78 Å². The van der Waals surface area contributed by atoms with Crippen LogP contribution < -0.4 is 0 Å². The molecule has 0 saturated carbocycles. The highest BCUT2D eigenvalue weighted by atomic mass is 16.3. The van der Waals surface area contributed by atoms with Gasteiger partial charge >= 0.3 is 0 Å². The Kier molecular flexibility index (Phi) is 4.18. The van der Waals surface area contributed by atoms with E-state index < -0.39 is 6.10 Å². The SMILES string of the molecule is C=CC(=O)C[C@@H](O)CC(C)(C)C. The summed E-state index contributed by atoms with van der Waals surface area (Å²) < 4.78 is 0. The van der Waals surface area contributed by atoms with Gasteiger partial charge in [0.2, 0.25) is 0 Å². The minimum atomic E-state index is -0.532. The number of aliphatic hydroxyl groups is 1. The van der Waals surface area contributed by atoms with Gasteiger partial charge in [-0.05, 0) is 17.9 Å². The zero-order valence-corrected chi connectivity index (χ0v) is 8.13. The topological polar surface area (TPSA) is 37.3 Å². The number of hydrogen-bond acceptors (Lipinski definition) is 2. The van der Waals surface area contributed by atoms with E-state index in [2.05, 4.69) is 6.58 Å². The molecule has 12 heavy (non-hydrogen) atoms. The lowest BCUT2D eigenvalue weighted by Gasteiger charge is -2.21. The summed E-state index contributed by atoms with van der Waals surface area (Å²) in [5.41, 5.74) is 0.0703. The second kappa shape index (κ2) is 4.41. The number of allylic oxidation sites excluding steroid dienone is 1. The van der Waals surface area contributed by atoms with Crippen LogP contribution in [0.4, 0.5) is 0 Å². The minimum absolute atomic E-state index is 0.0703. The summed E-state index contributed by atoms with van der Waals surface area (Å²) in [6.45, 7) is 9.46. The van der Waals surface area contributed by atoms with Crippen molar-refractivity contribution in [2.24, 2.45) is 5.41 Å². The molecule has 0 spiro atoms. The highest BCUT2D eigenvalue weighted by molar-refractivity contribution is 5.89. The lowest BCUT2D eigenvalue weighted by Crippen LogP contribution is -2.19. The van der Waals surface area contributed by atoms with E-state index >= 15 is 0 Å². The lowest BCUT2D eigenvalue weighted by atomic mass is 9.88. The number of carbonyl (C=O) groups is 1. The monoisotopic (exact) mass is 170 g/mol. The average molecular weight is 170 g/mol. The third-order valence-electron chi connectivity index (χ3n) is 1.51. The molecule has 0 aliphatic rings. The van der Waals surface area contributed by atoms with Crippen LogP contribution in [0.1, 0.15) is 33.6 Å². The Morgan fingerprint density at radius 3 is 2.42 bits per heavy atom. The maximum absolute atomic E-state index is 10.8. The fraction of sp³-hybridized carbons (Fsp3) is 0.700. The largest absolute Gasteiger partial charge is 0.393 e. The van der Waals surface area contributed by atoms with Crippen LogP contribution in [0.15, 0.2) is 12.7 Å². The van der Waals surface area contributed by atoms with E-state index in [0.717, 1.165) is 0 Å². The molecule has 0 fully saturated rings. The van der Waals surface area contributed by atoms with Gasteiger partial charge in [0.05, 0.1) is 6.10 Å². The summed E-state index contributed by atoms with van der Waals surface area (Å²) >= 11 is 0. The van der Waals surface area contributed by atoms with Crippen molar-refractivity contribution < 1.29 is 9.90 Å². The average Bonchev–Trinajstić information content (AvgIpc) is 1.82. The van der Waals surface area contributed by atoms with Crippen molar-refractivity contribution in [3.8, 4) is 0 Å². The van der Waals surface area contributed by atoms with Gasteiger partial charge in [0.15, 0.2) is 5.78 Å². The van der Waals surface area contributed by atoms with Crippen LogP contribution in [0, 0.1) is 5.41 Å². The number of ketones is 1. The first kappa shape index (κ1) is 11.4. The highest BCUT2D eigenvalue weighted by Crippen LogP contribution is 2.21. The standard InChI is InChI=1S/C10H18O2/c1-5-8(11)6-9(12)7-10(2,3)4/h5,9,12H,1,6-7H2,2-4H3/t9-/m1/s1. The molecule has 0 aromatic heterocycles. The molecule has 0 amide bonds. The molecule has 2 heteroatoms. The Balaban J connectivity index is 3.82. The molecular formula is C10H18O2. The summed E-state index contributed by atoms with van der Waals surface area (Å²) in [4.78, 5) is 10.8. The lowest BCUT2D eigenvalue weighted by molar-refractivity contribution is -0.116. The third-order valence-corrected chi connectivity index (χ3v) is 1.51. The van der Waals surface area contributed by atoms with Crippen LogP contribution in [0.25, 0.3) is 0 Å². The van der Waals surface area contributed by atoms with Gasteiger partial charge in [-0.3, -0.25) is 4.79 Å². The summed E-state index contributed by atoms with van der Waals surface area (Å²) in [5, 5.41) is 9.42. The normalized spacial score (nSPS) is 14.0. The predicted octanol–water partition coefficient (Wildman–Crippen LogP) is 1.93. The van der Waals surface area contributed by atoms with Crippen molar-refractivity contribution in [1.29, 1.82) is 0 Å². The molecule has 0 rings (SSSR count). The van der Waals surface area contributed by atoms with Crippen molar-refractivity contribution in [3.63, 3.8) is 0 Å². The molecule has 0 radical (unpaired) electrons. The molecule has 2 nitrogen and oxygen atoms in total. The van der Waals surface area contributed by atoms with Crippen LogP contribution in [0.3, 0.4) is 0 Å². The number of carbonyl (C=O) groups excluding carboxylic acids is 1. The van der Waals surface area contributed by atoms with E-state index in [4.69, 9.17) is 0 Å². The smallest absolute Gasteiger partial charge is 0.157 e. The zero-order valence-electron chi connectivity index (χ0n) is 8.13. The molecule has 0 aliphatic heterocycles. The van der Waals surface area contributed by atoms with Gasteiger partial charge in [0.1, 0.15) is 0 Å². The number of rotatable bonds is 4. The van der Waals surface area contributed by atoms with E-state index in [1.807, 2.05) is 20.8 Å². The zero-order chi connectivity index (χ0) is 9.78. The molecule has 0 unspecified atom stereocenters. The van der Waals surface area contributed by atoms with Crippen LogP contribution in [0.5, 0.6) is 0 Å². The van der Waals surface area contributed by atoms with Crippen LogP contribution in [-0.2, 0) is 4.79 Å². The summed E-state index contributed by atoms with van der Waals surface area (Å²) in [5.74, 6) is -0.0910. The molecule has 0 aliphatic carbocycles. The summed E-state index contributed by atoms with van der Waals surface area (Å²) in [6, 6.07) is 0. The molecular weight excluding hydrogens is 152 g/mol. The summed E-state index contributed by atoms with van der Waals surface area (Å²) in [7, 11) is 0. The van der Waals surface area contributed by atoms with Gasteiger partial charge < -0.3 is 5.11 Å². The molecule has 0 heterocycles. The third kappa shape index (κ3) is 6.10. The molecule has 70 valence electrons. The molecule has 0 bridgehead atoms. The van der Waals surface area contributed by atoms with Gasteiger partial charge in [0.25, 0.3) is 0 Å². The molecule has 0 aromatic rings. The van der Waals surface area contributed by atoms with E-state index in [9.17, 15) is 9.90 Å². The summed E-state index contributed by atoms with van der Waals surface area (Å²) in [6.07, 6.45) is 1.56. The van der Waals surface area contributed by atoms with Crippen molar-refractivity contribution in [1.82, 2.24) is 0 Å². The second-order valence-corrected chi connectivity index (χ2v) is 4.29. The second-order valence-electron chi connectivity index (χ2n) is 4.29. The molecule has 1 atom stereocenters. The van der Waals surface area contributed by atoms with E-state index in [0.29, 0.717) is 6.42 Å². The Morgan fingerprint density at radius 1 is 1.58 bits per heavy atom. The van der Waals surface area contributed by atoms with Gasteiger partial charge in [0, 0.05) is 6.42 Å². The van der Waals surface area contributed by atoms with Gasteiger partial charge in [-0.1, -0.05) is 27.4 Å². The molecule has 0 aromatic carbocycles. The van der Waals surface area contributed by atoms with Gasteiger partial charge in [-0.25, -0.2) is 0 Å². The quantitative estimate of drug-likeness (QED) is 0.654. The first-order valence-electron chi connectivity index (χ1n) is 4.18. The Labute approximate surface area is 74.3 Å². The first-order valence-corrected chi connectivity index (χ1v) is 4.18. The van der Waals surface area contributed by atoms with Gasteiger partial charge in [-0.2, -0.15) is 0 Å². The maximum atomic E-state index is 10.8. The molecule has 0 saturated heterocycles. The maximum Gasteiger partial charge on any atom is 0.157 e. The molecule has 1 N–H and O–H groups in total. The number of aliphatic hydroxyl groups excluding tert-OH is 1. The highest BCUT2D eigenvalue weighted by Gasteiger charge is 2.17.